The molecule has 6 nitrogen and oxygen atoms in total. The Morgan fingerprint density at radius 1 is 1.55 bits per heavy atom. The number of hydrogen-bond acceptors (Lipinski definition) is 4. The minimum absolute atomic E-state index is 0.186. The van der Waals surface area contributed by atoms with E-state index in [9.17, 15) is 9.18 Å². The van der Waals surface area contributed by atoms with Crippen LogP contribution in [-0.4, -0.2) is 20.9 Å². The Labute approximate surface area is 115 Å². The molecule has 20 heavy (non-hydrogen) atoms. The quantitative estimate of drug-likeness (QED) is 0.741. The third-order valence-corrected chi connectivity index (χ3v) is 3.18. The van der Waals surface area contributed by atoms with Gasteiger partial charge in [0.1, 0.15) is 5.82 Å². The normalized spacial score (nSPS) is 10.6. The second kappa shape index (κ2) is 5.20. The standard InChI is InChI=1S/C13H15FN4O2/c1-7-8(6-17-18(7)2)5-16-12-4-10(14)9(13(19)20)3-11(12)15/h3-4,6,16H,5,15H2,1-2H3,(H,19,20). The lowest BCUT2D eigenvalue weighted by molar-refractivity contribution is 0.0692. The molecule has 0 unspecified atom stereocenters. The van der Waals surface area contributed by atoms with Gasteiger partial charge in [-0.15, -0.1) is 0 Å². The fraction of sp³-hybridized carbons (Fsp3) is 0.231. The van der Waals surface area contributed by atoms with E-state index < -0.39 is 17.3 Å². The summed E-state index contributed by atoms with van der Waals surface area (Å²) in [4.78, 5) is 10.8. The van der Waals surface area contributed by atoms with Crippen molar-refractivity contribution in [3.63, 3.8) is 0 Å². The summed E-state index contributed by atoms with van der Waals surface area (Å²) >= 11 is 0. The highest BCUT2D eigenvalue weighted by Crippen LogP contribution is 2.24. The lowest BCUT2D eigenvalue weighted by atomic mass is 10.1. The van der Waals surface area contributed by atoms with Crippen molar-refractivity contribution in [1.82, 2.24) is 9.78 Å². The zero-order chi connectivity index (χ0) is 14.9. The average molecular weight is 278 g/mol. The van der Waals surface area contributed by atoms with Crippen molar-refractivity contribution < 1.29 is 14.3 Å². The van der Waals surface area contributed by atoms with E-state index in [1.807, 2.05) is 14.0 Å². The fourth-order valence-electron chi connectivity index (χ4n) is 1.82. The number of rotatable bonds is 4. The Balaban J connectivity index is 2.20. The van der Waals surface area contributed by atoms with E-state index in [1.165, 1.54) is 0 Å². The smallest absolute Gasteiger partial charge is 0.338 e. The molecule has 1 aromatic heterocycles. The Bertz CT molecular complexity index is 667. The van der Waals surface area contributed by atoms with E-state index in [0.717, 1.165) is 23.4 Å². The number of nitrogens with one attached hydrogen (secondary N) is 1. The van der Waals surface area contributed by atoms with Crippen molar-refractivity contribution in [2.75, 3.05) is 11.1 Å². The number of nitrogens with zero attached hydrogens (tertiary/aromatic N) is 2. The minimum Gasteiger partial charge on any atom is -0.478 e. The van der Waals surface area contributed by atoms with Crippen molar-refractivity contribution in [1.29, 1.82) is 0 Å². The number of benzene rings is 1. The van der Waals surface area contributed by atoms with Crippen LogP contribution in [0.1, 0.15) is 21.6 Å². The van der Waals surface area contributed by atoms with Gasteiger partial charge < -0.3 is 16.2 Å². The molecule has 106 valence electrons. The molecule has 1 heterocycles. The lowest BCUT2D eigenvalue weighted by Gasteiger charge is -2.10. The molecule has 0 saturated heterocycles. The Kier molecular flexibility index (Phi) is 3.60. The molecular formula is C13H15FN4O2. The van der Waals surface area contributed by atoms with Crippen molar-refractivity contribution in [3.8, 4) is 0 Å². The third-order valence-electron chi connectivity index (χ3n) is 3.18. The predicted octanol–water partition coefficient (Wildman–Crippen LogP) is 1.76. The molecule has 4 N–H and O–H groups in total. The van der Waals surface area contributed by atoms with E-state index in [1.54, 1.807) is 10.9 Å². The van der Waals surface area contributed by atoms with E-state index in [2.05, 4.69) is 10.4 Å². The number of aromatic carboxylic acids is 1. The molecule has 0 amide bonds. The lowest BCUT2D eigenvalue weighted by Crippen LogP contribution is -2.07. The molecule has 2 aromatic rings. The molecule has 1 aromatic carbocycles. The van der Waals surface area contributed by atoms with E-state index in [4.69, 9.17) is 10.8 Å². The molecule has 0 saturated carbocycles. The highest BCUT2D eigenvalue weighted by atomic mass is 19.1. The number of nitrogen functional groups attached to an aromatic ring is 1. The van der Waals surface area contributed by atoms with Crippen LogP contribution in [0, 0.1) is 12.7 Å². The molecule has 0 aliphatic rings. The van der Waals surface area contributed by atoms with Crippen LogP contribution in [-0.2, 0) is 13.6 Å². The number of carboxylic acids is 1. The summed E-state index contributed by atoms with van der Waals surface area (Å²) in [5.74, 6) is -2.17. The Morgan fingerprint density at radius 3 is 2.80 bits per heavy atom. The molecular weight excluding hydrogens is 263 g/mol. The summed E-state index contributed by atoms with van der Waals surface area (Å²) in [7, 11) is 1.83. The highest BCUT2D eigenvalue weighted by molar-refractivity contribution is 5.90. The molecule has 0 aliphatic heterocycles. The van der Waals surface area contributed by atoms with Gasteiger partial charge in [-0.1, -0.05) is 0 Å². The zero-order valence-corrected chi connectivity index (χ0v) is 11.1. The summed E-state index contributed by atoms with van der Waals surface area (Å²) in [5, 5.41) is 15.9. The number of nitrogens with two attached hydrogens (primary N) is 1. The first-order valence-corrected chi connectivity index (χ1v) is 5.93. The van der Waals surface area contributed by atoms with Gasteiger partial charge in [0, 0.05) is 24.8 Å². The van der Waals surface area contributed by atoms with Crippen LogP contribution >= 0.6 is 0 Å². The van der Waals surface area contributed by atoms with Crippen molar-refractivity contribution in [3.05, 3.63) is 41.0 Å². The van der Waals surface area contributed by atoms with Gasteiger partial charge in [0.05, 0.1) is 23.1 Å². The number of carbonyl (C=O) groups is 1. The third kappa shape index (κ3) is 2.56. The maximum absolute atomic E-state index is 13.6. The monoisotopic (exact) mass is 278 g/mol. The van der Waals surface area contributed by atoms with Crippen LogP contribution in [0.3, 0.4) is 0 Å². The molecule has 7 heteroatoms. The van der Waals surface area contributed by atoms with Crippen LogP contribution in [0.4, 0.5) is 15.8 Å². The second-order valence-electron chi connectivity index (χ2n) is 4.46. The number of halogens is 1. The summed E-state index contributed by atoms with van der Waals surface area (Å²) in [6.07, 6.45) is 1.71. The van der Waals surface area contributed by atoms with Crippen molar-refractivity contribution in [2.24, 2.45) is 7.05 Å². The molecule has 0 fully saturated rings. The van der Waals surface area contributed by atoms with Gasteiger partial charge in [-0.25, -0.2) is 9.18 Å². The van der Waals surface area contributed by atoms with Gasteiger partial charge in [0.25, 0.3) is 0 Å². The fourth-order valence-corrected chi connectivity index (χ4v) is 1.82. The SMILES string of the molecule is Cc1c(CNc2cc(F)c(C(=O)O)cc2N)cnn1C. The first-order valence-electron chi connectivity index (χ1n) is 5.93. The topological polar surface area (TPSA) is 93.2 Å². The molecule has 0 radical (unpaired) electrons. The maximum Gasteiger partial charge on any atom is 0.338 e. The second-order valence-corrected chi connectivity index (χ2v) is 4.46. The molecule has 0 atom stereocenters. The number of aromatic nitrogens is 2. The maximum atomic E-state index is 13.6. The first-order chi connectivity index (χ1) is 9.40. The molecule has 0 aliphatic carbocycles. The van der Waals surface area contributed by atoms with E-state index in [-0.39, 0.29) is 5.69 Å². The summed E-state index contributed by atoms with van der Waals surface area (Å²) in [6, 6.07) is 2.20. The van der Waals surface area contributed by atoms with Gasteiger partial charge in [-0.2, -0.15) is 5.10 Å². The molecule has 2 rings (SSSR count). The Hall–Kier alpha value is -2.57. The number of carboxylic acid groups (broad SMARTS) is 1. The minimum atomic E-state index is -1.34. The number of aryl methyl sites for hydroxylation is 1. The number of hydrogen-bond donors (Lipinski definition) is 3. The van der Waals surface area contributed by atoms with Gasteiger partial charge in [0.15, 0.2) is 0 Å². The summed E-state index contributed by atoms with van der Waals surface area (Å²) < 4.78 is 15.3. The highest BCUT2D eigenvalue weighted by Gasteiger charge is 2.14. The average Bonchev–Trinajstić information content (AvgIpc) is 2.70. The van der Waals surface area contributed by atoms with Crippen molar-refractivity contribution >= 4 is 17.3 Å². The zero-order valence-electron chi connectivity index (χ0n) is 11.1. The van der Waals surface area contributed by atoms with Crippen molar-refractivity contribution in [2.45, 2.75) is 13.5 Å². The van der Waals surface area contributed by atoms with Crippen LogP contribution < -0.4 is 11.1 Å². The van der Waals surface area contributed by atoms with Crippen LogP contribution in [0.2, 0.25) is 0 Å². The van der Waals surface area contributed by atoms with Crippen LogP contribution in [0.5, 0.6) is 0 Å². The van der Waals surface area contributed by atoms with Crippen LogP contribution in [0.25, 0.3) is 0 Å². The van der Waals surface area contributed by atoms with Gasteiger partial charge in [0.2, 0.25) is 0 Å². The van der Waals surface area contributed by atoms with Gasteiger partial charge in [-0.3, -0.25) is 4.68 Å². The molecule has 0 spiro atoms. The number of anilines is 2. The van der Waals surface area contributed by atoms with Gasteiger partial charge >= 0.3 is 5.97 Å². The Morgan fingerprint density at radius 2 is 2.25 bits per heavy atom. The summed E-state index contributed by atoms with van der Waals surface area (Å²) in [6.45, 7) is 2.34. The predicted molar refractivity (Wildman–Crippen MR) is 73.0 cm³/mol. The van der Waals surface area contributed by atoms with Gasteiger partial charge in [-0.05, 0) is 19.1 Å². The van der Waals surface area contributed by atoms with E-state index >= 15 is 0 Å². The first kappa shape index (κ1) is 13.9. The largest absolute Gasteiger partial charge is 0.478 e. The summed E-state index contributed by atoms with van der Waals surface area (Å²) in [5.41, 5.74) is 7.76. The van der Waals surface area contributed by atoms with E-state index in [0.29, 0.717) is 12.2 Å². The van der Waals surface area contributed by atoms with Crippen LogP contribution in [0.15, 0.2) is 18.3 Å². The molecule has 0 bridgehead atoms.